The van der Waals surface area contributed by atoms with Gasteiger partial charge in [0.05, 0.1) is 78.0 Å². The van der Waals surface area contributed by atoms with Gasteiger partial charge in [0.1, 0.15) is 53.0 Å². The van der Waals surface area contributed by atoms with Crippen LogP contribution < -0.4 is 30.7 Å². The largest absolute Gasteiger partial charge is 0.360 e. The molecule has 3 aliphatic heterocycles. The van der Waals surface area contributed by atoms with Crippen molar-refractivity contribution in [3.8, 4) is 0 Å². The van der Waals surface area contributed by atoms with Gasteiger partial charge in [-0.2, -0.15) is 0 Å². The van der Waals surface area contributed by atoms with Crippen molar-refractivity contribution in [2.45, 2.75) is 102 Å². The summed E-state index contributed by atoms with van der Waals surface area (Å²) < 4.78 is 76.3. The molecule has 3 fully saturated rings. The number of fused-ring (bicyclic) bond motifs is 6. The summed E-state index contributed by atoms with van der Waals surface area (Å²) in [6.07, 6.45) is 17.6. The molecular formula is C70H85ClN24O6S3. The van der Waals surface area contributed by atoms with Crippen molar-refractivity contribution in [1.82, 2.24) is 87.7 Å². The molecule has 3 atom stereocenters. The summed E-state index contributed by atoms with van der Waals surface area (Å²) in [5, 5.41) is 17.2. The van der Waals surface area contributed by atoms with Crippen LogP contribution in [0.25, 0.3) is 65.8 Å². The second kappa shape index (κ2) is 30.2. The summed E-state index contributed by atoms with van der Waals surface area (Å²) in [5.74, 6) is 4.59. The lowest BCUT2D eigenvalue weighted by Crippen LogP contribution is -2.45. The molecule has 0 aliphatic carbocycles. The predicted octanol–water partition coefficient (Wildman–Crippen LogP) is 9.77. The lowest BCUT2D eigenvalue weighted by molar-refractivity contribution is 0.316. The monoisotopic (exact) mass is 1490 g/mol. The van der Waals surface area contributed by atoms with Gasteiger partial charge in [-0.05, 0) is 112 Å². The van der Waals surface area contributed by atoms with Crippen LogP contribution in [-0.2, 0) is 30.1 Å². The van der Waals surface area contributed by atoms with Gasteiger partial charge in [0, 0.05) is 94.7 Å². The summed E-state index contributed by atoms with van der Waals surface area (Å²) in [7, 11) is -3.39. The third-order valence-electron chi connectivity index (χ3n) is 20.0. The van der Waals surface area contributed by atoms with Gasteiger partial charge in [-0.15, -0.1) is 0 Å². The fourth-order valence-corrected chi connectivity index (χ4v) is 16.9. The summed E-state index contributed by atoms with van der Waals surface area (Å²) in [4.78, 5) is 69.4. The number of aromatic nitrogens is 15. The van der Waals surface area contributed by atoms with Crippen LogP contribution in [0.4, 0.5) is 34.9 Å². The maximum Gasteiger partial charge on any atom is 0.211 e. The Morgan fingerprint density at radius 3 is 1.18 bits per heavy atom. The minimum absolute atomic E-state index is 0.120. The Balaban J connectivity index is 0.000000139. The lowest BCUT2D eigenvalue weighted by atomic mass is 10.0. The van der Waals surface area contributed by atoms with Crippen molar-refractivity contribution >= 4 is 142 Å². The smallest absolute Gasteiger partial charge is 0.211 e. The van der Waals surface area contributed by atoms with Gasteiger partial charge in [-0.3, -0.25) is 0 Å². The molecular weight excluding hydrogens is 1400 g/mol. The summed E-state index contributed by atoms with van der Waals surface area (Å²) >= 11 is 6.64. The van der Waals surface area contributed by atoms with Crippen LogP contribution in [0, 0.1) is 6.92 Å². The van der Waals surface area contributed by atoms with Crippen LogP contribution in [0.1, 0.15) is 100 Å². The predicted molar refractivity (Wildman–Crippen MR) is 410 cm³/mol. The van der Waals surface area contributed by atoms with Crippen LogP contribution in [0.5, 0.6) is 0 Å². The van der Waals surface area contributed by atoms with Crippen LogP contribution in [0.2, 0.25) is 5.02 Å². The second-order valence-corrected chi connectivity index (χ2v) is 33.3. The molecule has 0 spiro atoms. The number of pyridine rings is 3. The molecule has 3 unspecified atom stereocenters. The zero-order chi connectivity index (χ0) is 73.4. The van der Waals surface area contributed by atoms with Crippen LogP contribution in [0.3, 0.4) is 0 Å². The average Bonchev–Trinajstić information content (AvgIpc) is 0.857. The van der Waals surface area contributed by atoms with Gasteiger partial charge >= 0.3 is 0 Å². The highest BCUT2D eigenvalue weighted by atomic mass is 35.5. The summed E-state index contributed by atoms with van der Waals surface area (Å²) in [6, 6.07) is 26.7. The van der Waals surface area contributed by atoms with E-state index in [0.29, 0.717) is 91.5 Å². The molecule has 12 heterocycles. The second-order valence-electron chi connectivity index (χ2n) is 26.9. The van der Waals surface area contributed by atoms with E-state index in [-0.39, 0.29) is 36.3 Å². The first kappa shape index (κ1) is 72.7. The number of anilines is 6. The number of aromatic amines is 3. The number of H-pyrrole nitrogens is 3. The van der Waals surface area contributed by atoms with Crippen molar-refractivity contribution in [3.05, 3.63) is 144 Å². The Morgan fingerprint density at radius 1 is 0.442 bits per heavy atom. The number of halogens is 1. The molecule has 0 bridgehead atoms. The Bertz CT molecular complexity index is 5230. The zero-order valence-corrected chi connectivity index (χ0v) is 62.7. The quantitative estimate of drug-likeness (QED) is 0.0465. The third kappa shape index (κ3) is 15.7. The Labute approximate surface area is 608 Å². The molecule has 0 radical (unpaired) electrons. The fraction of sp³-hybridized carbons (Fsp3) is 0.400. The molecule has 34 heteroatoms. The maximum atomic E-state index is 12.0. The number of aryl methyl sites for hydroxylation is 1. The van der Waals surface area contributed by atoms with E-state index in [2.05, 4.69) is 168 Å². The van der Waals surface area contributed by atoms with Gasteiger partial charge in [0.15, 0.2) is 34.4 Å². The summed E-state index contributed by atoms with van der Waals surface area (Å²) in [6.45, 7) is 11.3. The maximum absolute atomic E-state index is 12.0. The highest BCUT2D eigenvalue weighted by Crippen LogP contribution is 2.39. The minimum Gasteiger partial charge on any atom is -0.360 e. The molecule has 6 N–H and O–H groups in total. The number of imidazole rings is 3. The van der Waals surface area contributed by atoms with Crippen LogP contribution >= 0.6 is 11.6 Å². The Kier molecular flexibility index (Phi) is 21.1. The van der Waals surface area contributed by atoms with E-state index in [9.17, 15) is 25.3 Å². The molecule has 30 nitrogen and oxygen atoms in total. The fourth-order valence-electron chi connectivity index (χ4n) is 14.1. The van der Waals surface area contributed by atoms with Gasteiger partial charge in [0.25, 0.3) is 0 Å². The Morgan fingerprint density at radius 2 is 0.779 bits per heavy atom. The SMILES string of the molecule is CC(Nc1ncnc2nc[nH]c12)c1cc2cccc(Cl)c2c(N(C)C2CCN(S(C)(=O)=O)CC2)n1.CC(Nc1ncnc2nc[nH]c12)c1cc2ccccc2c(N(C)C2CCN(S(C)(=O)=O)CC2)n1.Cc1cccc2cc(C(C)Nc3ncnc4nc[nH]c34)nc(N(C)C3CCN(S(C)(=O)=O)CC3)c12. The van der Waals surface area contributed by atoms with E-state index < -0.39 is 30.1 Å². The van der Waals surface area contributed by atoms with Crippen LogP contribution in [0.15, 0.2) is 117 Å². The summed E-state index contributed by atoms with van der Waals surface area (Å²) in [5.41, 5.74) is 7.83. The number of rotatable bonds is 18. The van der Waals surface area contributed by atoms with Gasteiger partial charge in [0.2, 0.25) is 30.1 Å². The Hall–Kier alpha value is -9.64. The molecule has 3 aliphatic rings. The number of sulfonamides is 3. The highest BCUT2D eigenvalue weighted by molar-refractivity contribution is 7.88. The van der Waals surface area contributed by atoms with Crippen LogP contribution in [-0.4, -0.2) is 210 Å². The molecule has 104 heavy (non-hydrogen) atoms. The first-order valence-corrected chi connectivity index (χ1v) is 40.3. The number of piperidine rings is 3. The van der Waals surface area contributed by atoms with E-state index in [1.807, 2.05) is 50.4 Å². The van der Waals surface area contributed by atoms with Crippen molar-refractivity contribution < 1.29 is 25.3 Å². The number of nitrogens with zero attached hydrogens (tertiary/aromatic N) is 18. The third-order valence-corrected chi connectivity index (χ3v) is 24.2. The lowest BCUT2D eigenvalue weighted by Gasteiger charge is -2.37. The van der Waals surface area contributed by atoms with Crippen molar-refractivity contribution in [2.24, 2.45) is 0 Å². The first-order valence-electron chi connectivity index (χ1n) is 34.4. The molecule has 3 saturated heterocycles. The normalized spacial score (nSPS) is 16.6. The minimum atomic E-state index is -3.19. The molecule has 9 aromatic heterocycles. The topological polar surface area (TPSA) is 360 Å². The van der Waals surface area contributed by atoms with E-state index in [1.165, 1.54) is 42.1 Å². The molecule has 12 aromatic rings. The average molecular weight is 1490 g/mol. The van der Waals surface area contributed by atoms with Crippen molar-refractivity contribution in [2.75, 3.05) is 110 Å². The van der Waals surface area contributed by atoms with E-state index in [0.717, 1.165) is 115 Å². The van der Waals surface area contributed by atoms with Crippen molar-refractivity contribution in [1.29, 1.82) is 0 Å². The molecule has 3 aromatic carbocycles. The van der Waals surface area contributed by atoms with E-state index in [1.54, 1.807) is 27.6 Å². The molecule has 0 saturated carbocycles. The number of hydrogen-bond acceptors (Lipinski definition) is 24. The van der Waals surface area contributed by atoms with Gasteiger partial charge < -0.3 is 45.6 Å². The molecule has 15 rings (SSSR count). The van der Waals surface area contributed by atoms with E-state index >= 15 is 0 Å². The number of benzene rings is 3. The van der Waals surface area contributed by atoms with Gasteiger partial charge in [-0.1, -0.05) is 66.2 Å². The standard InChI is InChI=1S/C24H30N8O2S.C23H27ClN8O2S.C23H28N8O2S/c1-15-6-5-7-17-12-19(16(2)29-23-21-22(26-13-25-21)27-14-28-23)30-24(20(15)17)31(3)18-8-10-32(11-9-18)35(4,33)34;1-14(29-22-20-21(26-12-25-20)27-13-28-22)18-11-15-5-4-6-17(24)19(15)23(30-18)31(2)16-7-9-32(10-8-16)35(3,33)34;1-15(28-22-20-21(25-13-24-20)26-14-27-22)19-12-16-6-4-5-7-18(16)23(29-19)30(2)17-8-10-31(11-9-17)34(3,32)33/h5-7,12-14,16,18H,8-11H2,1-4H3,(H2,25,26,27,28,29);4-6,11-14,16H,7-10H2,1-3H3,(H2,25,26,27,28,29);4-7,12-15,17H,8-11H2,1-3H3,(H2,24,25,26,27,28). The zero-order valence-electron chi connectivity index (χ0n) is 59.5. The van der Waals surface area contributed by atoms with E-state index in [4.69, 9.17) is 26.6 Å². The number of hydrogen-bond donors (Lipinski definition) is 6. The first-order chi connectivity index (χ1) is 49.7. The highest BCUT2D eigenvalue weighted by Gasteiger charge is 2.33. The van der Waals surface area contributed by atoms with Crippen molar-refractivity contribution in [3.63, 3.8) is 0 Å². The molecule has 0 amide bonds. The molecule has 546 valence electrons. The number of nitrogens with one attached hydrogen (secondary N) is 6. The van der Waals surface area contributed by atoms with Gasteiger partial charge in [-0.25, -0.2) is 98.0 Å².